The first kappa shape index (κ1) is 16.2. The Labute approximate surface area is 150 Å². The molecule has 130 valence electrons. The van der Waals surface area contributed by atoms with Crippen LogP contribution in [0.3, 0.4) is 0 Å². The fraction of sp³-hybridized carbons (Fsp3) is 0.381. The van der Waals surface area contributed by atoms with Gasteiger partial charge in [-0.1, -0.05) is 56.3 Å². The molecule has 0 aromatic heterocycles. The zero-order chi connectivity index (χ0) is 17.2. The number of likely N-dealkylation sites (N-methyl/N-ethyl adjacent to an activating group) is 1. The van der Waals surface area contributed by atoms with E-state index in [-0.39, 0.29) is 6.04 Å². The van der Waals surface area contributed by atoms with Crippen LogP contribution in [0.1, 0.15) is 25.5 Å². The quantitative estimate of drug-likeness (QED) is 0.803. The Balaban J connectivity index is 1.62. The van der Waals surface area contributed by atoms with Gasteiger partial charge in [-0.05, 0) is 30.8 Å². The van der Waals surface area contributed by atoms with E-state index in [2.05, 4.69) is 83.1 Å². The molecule has 2 aliphatic rings. The maximum atomic E-state index is 5.10. The molecule has 2 aromatic carbocycles. The highest BCUT2D eigenvalue weighted by Crippen LogP contribution is 2.42. The number of rotatable bonds is 6. The Morgan fingerprint density at radius 1 is 0.960 bits per heavy atom. The van der Waals surface area contributed by atoms with E-state index in [1.54, 1.807) is 0 Å². The van der Waals surface area contributed by atoms with Crippen molar-refractivity contribution in [1.82, 2.24) is 4.90 Å². The summed E-state index contributed by atoms with van der Waals surface area (Å²) in [5.74, 6) is 1.11. The summed E-state index contributed by atoms with van der Waals surface area (Å²) in [7, 11) is 0. The Hall–Kier alpha value is -2.33. The number of para-hydroxylation sites is 2. The van der Waals surface area contributed by atoms with E-state index < -0.39 is 0 Å². The molecule has 1 atom stereocenters. The van der Waals surface area contributed by atoms with Crippen LogP contribution < -0.4 is 9.80 Å². The Bertz CT molecular complexity index is 752. The summed E-state index contributed by atoms with van der Waals surface area (Å²) in [5.41, 5.74) is 3.88. The van der Waals surface area contributed by atoms with Crippen molar-refractivity contribution >= 4 is 17.3 Å². The van der Waals surface area contributed by atoms with Gasteiger partial charge in [0.05, 0.1) is 24.0 Å². The topological polar surface area (TPSA) is 22.1 Å². The van der Waals surface area contributed by atoms with Gasteiger partial charge in [0, 0.05) is 13.1 Å². The third-order valence-corrected chi connectivity index (χ3v) is 5.29. The monoisotopic (exact) mass is 334 g/mol. The summed E-state index contributed by atoms with van der Waals surface area (Å²) >= 11 is 0. The van der Waals surface area contributed by atoms with Crippen LogP contribution >= 0.6 is 0 Å². The first-order chi connectivity index (χ1) is 12.3. The van der Waals surface area contributed by atoms with Crippen molar-refractivity contribution in [2.75, 3.05) is 42.5 Å². The highest BCUT2D eigenvalue weighted by molar-refractivity contribution is 6.17. The fourth-order valence-electron chi connectivity index (χ4n) is 3.81. The highest BCUT2D eigenvalue weighted by atomic mass is 15.5. The normalized spacial score (nSPS) is 18.5. The van der Waals surface area contributed by atoms with Gasteiger partial charge >= 0.3 is 0 Å². The molecule has 0 saturated carbocycles. The van der Waals surface area contributed by atoms with E-state index in [9.17, 15) is 0 Å². The van der Waals surface area contributed by atoms with Crippen LogP contribution in [0.4, 0.5) is 11.4 Å². The van der Waals surface area contributed by atoms with Crippen LogP contribution in [0, 0.1) is 0 Å². The van der Waals surface area contributed by atoms with Crippen LogP contribution in [-0.4, -0.2) is 43.6 Å². The third kappa shape index (κ3) is 2.91. The Morgan fingerprint density at radius 3 is 2.36 bits per heavy atom. The summed E-state index contributed by atoms with van der Waals surface area (Å²) < 4.78 is 0. The average Bonchev–Trinajstić information content (AvgIpc) is 3.22. The zero-order valence-electron chi connectivity index (χ0n) is 15.1. The summed E-state index contributed by atoms with van der Waals surface area (Å²) in [4.78, 5) is 12.3. The molecule has 0 fully saturated rings. The molecule has 4 rings (SSSR count). The van der Waals surface area contributed by atoms with Gasteiger partial charge in [-0.15, -0.1) is 0 Å². The van der Waals surface area contributed by atoms with Crippen LogP contribution in [0.5, 0.6) is 0 Å². The largest absolute Gasteiger partial charge is 0.309 e. The minimum atomic E-state index is 0.223. The molecule has 1 unspecified atom stereocenters. The van der Waals surface area contributed by atoms with Gasteiger partial charge in [0.1, 0.15) is 0 Å². The highest BCUT2D eigenvalue weighted by Gasteiger charge is 2.38. The first-order valence-corrected chi connectivity index (χ1v) is 9.31. The molecule has 2 heterocycles. The second-order valence-electron chi connectivity index (χ2n) is 6.63. The number of hydrogen-bond acceptors (Lipinski definition) is 4. The number of benzene rings is 2. The molecule has 0 N–H and O–H groups in total. The molecule has 25 heavy (non-hydrogen) atoms. The average molecular weight is 334 g/mol. The van der Waals surface area contributed by atoms with Gasteiger partial charge in [0.25, 0.3) is 0 Å². The van der Waals surface area contributed by atoms with Crippen molar-refractivity contribution in [2.24, 2.45) is 4.99 Å². The molecule has 2 aliphatic heterocycles. The molecule has 0 saturated heterocycles. The molecule has 4 nitrogen and oxygen atoms in total. The Morgan fingerprint density at radius 2 is 1.64 bits per heavy atom. The molecule has 0 amide bonds. The number of nitrogens with zero attached hydrogens (tertiary/aromatic N) is 4. The predicted octanol–water partition coefficient (Wildman–Crippen LogP) is 3.77. The van der Waals surface area contributed by atoms with Crippen LogP contribution in [0.2, 0.25) is 0 Å². The number of anilines is 2. The number of aliphatic imine (C=N–C) groups is 1. The SMILES string of the molecule is CCN(CC)CCN1C2=NC(c3ccccc3)CN2c2ccccc21. The van der Waals surface area contributed by atoms with E-state index >= 15 is 0 Å². The third-order valence-electron chi connectivity index (χ3n) is 5.29. The fourth-order valence-corrected chi connectivity index (χ4v) is 3.81. The molecule has 0 radical (unpaired) electrons. The van der Waals surface area contributed by atoms with Crippen molar-refractivity contribution in [3.05, 3.63) is 60.2 Å². The number of guanidine groups is 1. The van der Waals surface area contributed by atoms with E-state index in [0.717, 1.165) is 38.7 Å². The van der Waals surface area contributed by atoms with Crippen LogP contribution in [-0.2, 0) is 0 Å². The number of hydrogen-bond donors (Lipinski definition) is 0. The van der Waals surface area contributed by atoms with Gasteiger partial charge in [0.2, 0.25) is 5.96 Å². The first-order valence-electron chi connectivity index (χ1n) is 9.31. The molecule has 0 aliphatic carbocycles. The van der Waals surface area contributed by atoms with Crippen LogP contribution in [0.25, 0.3) is 0 Å². The van der Waals surface area contributed by atoms with E-state index in [1.165, 1.54) is 16.9 Å². The Kier molecular flexibility index (Phi) is 4.45. The van der Waals surface area contributed by atoms with Gasteiger partial charge in [-0.25, -0.2) is 4.99 Å². The van der Waals surface area contributed by atoms with Gasteiger partial charge in [-0.3, -0.25) is 0 Å². The lowest BCUT2D eigenvalue weighted by atomic mass is 10.1. The van der Waals surface area contributed by atoms with E-state index in [4.69, 9.17) is 4.99 Å². The molecule has 4 heteroatoms. The summed E-state index contributed by atoms with van der Waals surface area (Å²) in [6.45, 7) is 9.61. The molecular weight excluding hydrogens is 308 g/mol. The summed E-state index contributed by atoms with van der Waals surface area (Å²) in [6, 6.07) is 19.5. The van der Waals surface area contributed by atoms with Crippen molar-refractivity contribution in [1.29, 1.82) is 0 Å². The number of fused-ring (bicyclic) bond motifs is 3. The van der Waals surface area contributed by atoms with Crippen molar-refractivity contribution in [3.8, 4) is 0 Å². The standard InChI is InChI=1S/C21H26N4/c1-3-23(4-2)14-15-24-19-12-8-9-13-20(19)25-16-18(22-21(24)25)17-10-6-5-7-11-17/h5-13,18H,3-4,14-16H2,1-2H3. The predicted molar refractivity (Wildman–Crippen MR) is 106 cm³/mol. The molecule has 2 aromatic rings. The molecule has 0 bridgehead atoms. The lowest BCUT2D eigenvalue weighted by molar-refractivity contribution is 0.313. The van der Waals surface area contributed by atoms with Crippen molar-refractivity contribution in [2.45, 2.75) is 19.9 Å². The van der Waals surface area contributed by atoms with Gasteiger partial charge in [0.15, 0.2) is 0 Å². The second-order valence-corrected chi connectivity index (χ2v) is 6.63. The maximum absolute atomic E-state index is 5.10. The van der Waals surface area contributed by atoms with E-state index in [0.29, 0.717) is 0 Å². The second kappa shape index (κ2) is 6.89. The summed E-state index contributed by atoms with van der Waals surface area (Å²) in [6.07, 6.45) is 0. The minimum Gasteiger partial charge on any atom is -0.309 e. The maximum Gasteiger partial charge on any atom is 0.206 e. The van der Waals surface area contributed by atoms with Crippen LogP contribution in [0.15, 0.2) is 59.6 Å². The lowest BCUT2D eigenvalue weighted by Crippen LogP contribution is -2.40. The van der Waals surface area contributed by atoms with E-state index in [1.807, 2.05) is 0 Å². The van der Waals surface area contributed by atoms with Gasteiger partial charge in [-0.2, -0.15) is 0 Å². The minimum absolute atomic E-state index is 0.223. The smallest absolute Gasteiger partial charge is 0.206 e. The summed E-state index contributed by atoms with van der Waals surface area (Å²) in [5, 5.41) is 0. The van der Waals surface area contributed by atoms with Crippen molar-refractivity contribution < 1.29 is 0 Å². The van der Waals surface area contributed by atoms with Gasteiger partial charge < -0.3 is 14.7 Å². The zero-order valence-corrected chi connectivity index (χ0v) is 15.1. The van der Waals surface area contributed by atoms with Crippen molar-refractivity contribution in [3.63, 3.8) is 0 Å². The molecular formula is C21H26N4. The lowest BCUT2D eigenvalue weighted by Gasteiger charge is -2.24. The molecule has 0 spiro atoms.